The van der Waals surface area contributed by atoms with E-state index in [1.54, 1.807) is 17.9 Å². The number of hydrogen-bond acceptors (Lipinski definition) is 5. The van der Waals surface area contributed by atoms with Crippen molar-refractivity contribution in [1.29, 1.82) is 0 Å². The predicted molar refractivity (Wildman–Crippen MR) is 139 cm³/mol. The molecule has 0 spiro atoms. The minimum absolute atomic E-state index is 0.0283. The van der Waals surface area contributed by atoms with Gasteiger partial charge in [0.25, 0.3) is 11.6 Å². The lowest BCUT2D eigenvalue weighted by molar-refractivity contribution is -0.385. The van der Waals surface area contributed by atoms with E-state index in [9.17, 15) is 14.9 Å². The summed E-state index contributed by atoms with van der Waals surface area (Å²) in [6, 6.07) is 10.4. The van der Waals surface area contributed by atoms with Crippen LogP contribution in [0.1, 0.15) is 54.2 Å². The molecule has 182 valence electrons. The van der Waals surface area contributed by atoms with Crippen LogP contribution in [0.4, 0.5) is 11.4 Å². The standard InChI is InChI=1S/C26H35N3O4Si/c1-17-12-23(24(29(31)32)13-18(17)2)25(30)28-15-20(19-8-10-21(27)11-9-19)14-22(28)16-33-34(6,7)26(3,4)5/h8-13,15,22H,14,16,27H2,1-7H3/t22-/m0/s1. The third-order valence-corrected chi connectivity index (χ3v) is 11.6. The van der Waals surface area contributed by atoms with E-state index in [1.807, 2.05) is 37.4 Å². The smallest absolute Gasteiger partial charge is 0.282 e. The van der Waals surface area contributed by atoms with Gasteiger partial charge in [-0.3, -0.25) is 14.9 Å². The molecule has 3 rings (SSSR count). The fraction of sp³-hybridized carbons (Fsp3) is 0.423. The van der Waals surface area contributed by atoms with Crippen LogP contribution in [0, 0.1) is 24.0 Å². The number of carbonyl (C=O) groups excluding carboxylic acids is 1. The molecule has 0 unspecified atom stereocenters. The SMILES string of the molecule is Cc1cc(C(=O)N2C=C(c3ccc(N)cc3)C[C@H]2CO[Si](C)(C)C(C)(C)C)c([N+](=O)[O-])cc1C. The number of amides is 1. The normalized spacial score (nSPS) is 16.5. The van der Waals surface area contributed by atoms with Gasteiger partial charge in [-0.05, 0) is 78.9 Å². The lowest BCUT2D eigenvalue weighted by Gasteiger charge is -2.38. The zero-order valence-electron chi connectivity index (χ0n) is 21.1. The highest BCUT2D eigenvalue weighted by Gasteiger charge is 2.40. The Morgan fingerprint density at radius 1 is 1.18 bits per heavy atom. The molecular formula is C26H35N3O4Si. The average molecular weight is 482 g/mol. The summed E-state index contributed by atoms with van der Waals surface area (Å²) < 4.78 is 6.48. The number of nitrogens with two attached hydrogens (primary N) is 1. The number of nitrogen functional groups attached to an aromatic ring is 1. The van der Waals surface area contributed by atoms with Crippen LogP contribution in [-0.2, 0) is 4.43 Å². The summed E-state index contributed by atoms with van der Waals surface area (Å²) in [5.41, 5.74) is 10.00. The zero-order valence-corrected chi connectivity index (χ0v) is 22.1. The van der Waals surface area contributed by atoms with Crippen molar-refractivity contribution in [1.82, 2.24) is 4.90 Å². The summed E-state index contributed by atoms with van der Waals surface area (Å²) in [5, 5.41) is 11.8. The van der Waals surface area contributed by atoms with Gasteiger partial charge >= 0.3 is 0 Å². The molecule has 0 aromatic heterocycles. The number of nitro benzene ring substituents is 1. The number of rotatable bonds is 6. The third kappa shape index (κ3) is 5.23. The van der Waals surface area contributed by atoms with Crippen LogP contribution < -0.4 is 5.73 Å². The highest BCUT2D eigenvalue weighted by atomic mass is 28.4. The molecule has 0 radical (unpaired) electrons. The molecule has 34 heavy (non-hydrogen) atoms. The van der Waals surface area contributed by atoms with E-state index in [1.165, 1.54) is 6.07 Å². The molecule has 0 aliphatic carbocycles. The van der Waals surface area contributed by atoms with Crippen molar-refractivity contribution in [3.63, 3.8) is 0 Å². The monoisotopic (exact) mass is 481 g/mol. The first-order valence-electron chi connectivity index (χ1n) is 11.5. The molecule has 7 nitrogen and oxygen atoms in total. The fourth-order valence-corrected chi connectivity index (χ4v) is 4.76. The summed E-state index contributed by atoms with van der Waals surface area (Å²) in [7, 11) is -2.06. The van der Waals surface area contributed by atoms with Gasteiger partial charge in [0.1, 0.15) is 5.56 Å². The maximum atomic E-state index is 13.7. The number of benzene rings is 2. The first-order chi connectivity index (χ1) is 15.7. The highest BCUT2D eigenvalue weighted by Crippen LogP contribution is 2.38. The lowest BCUT2D eigenvalue weighted by Crippen LogP contribution is -2.45. The largest absolute Gasteiger partial charge is 0.415 e. The molecule has 0 fully saturated rings. The molecule has 1 amide bonds. The van der Waals surface area contributed by atoms with Gasteiger partial charge in [-0.25, -0.2) is 0 Å². The highest BCUT2D eigenvalue weighted by molar-refractivity contribution is 6.74. The molecule has 1 atom stereocenters. The second kappa shape index (κ2) is 9.35. The van der Waals surface area contributed by atoms with E-state index < -0.39 is 13.2 Å². The minimum atomic E-state index is -2.06. The lowest BCUT2D eigenvalue weighted by atomic mass is 10.0. The van der Waals surface area contributed by atoms with Crippen LogP contribution in [0.5, 0.6) is 0 Å². The summed E-state index contributed by atoms with van der Waals surface area (Å²) in [4.78, 5) is 26.6. The molecule has 0 bridgehead atoms. The number of aryl methyl sites for hydroxylation is 2. The second-order valence-electron chi connectivity index (χ2n) is 10.6. The molecular weight excluding hydrogens is 446 g/mol. The van der Waals surface area contributed by atoms with E-state index in [0.717, 1.165) is 22.3 Å². The first kappa shape index (κ1) is 25.6. The third-order valence-electron chi connectivity index (χ3n) is 7.14. The van der Waals surface area contributed by atoms with Crippen molar-refractivity contribution in [2.45, 2.75) is 65.2 Å². The number of carbonyl (C=O) groups is 1. The van der Waals surface area contributed by atoms with E-state index in [-0.39, 0.29) is 28.2 Å². The predicted octanol–water partition coefficient (Wildman–Crippen LogP) is 6.07. The Kier molecular flexibility index (Phi) is 7.05. The van der Waals surface area contributed by atoms with Crippen LogP contribution >= 0.6 is 0 Å². The van der Waals surface area contributed by atoms with Gasteiger partial charge < -0.3 is 15.1 Å². The molecule has 2 N–H and O–H groups in total. The molecule has 2 aromatic rings. The molecule has 1 aliphatic heterocycles. The number of hydrogen-bond donors (Lipinski definition) is 1. The molecule has 1 aliphatic rings. The summed E-state index contributed by atoms with van der Waals surface area (Å²) in [6.07, 6.45) is 2.41. The Morgan fingerprint density at radius 3 is 2.32 bits per heavy atom. The van der Waals surface area contributed by atoms with E-state index in [0.29, 0.717) is 18.7 Å². The quantitative estimate of drug-likeness (QED) is 0.234. The molecule has 0 saturated heterocycles. The Balaban J connectivity index is 2.00. The van der Waals surface area contributed by atoms with Gasteiger partial charge in [0.05, 0.1) is 17.6 Å². The topological polar surface area (TPSA) is 98.7 Å². The van der Waals surface area contributed by atoms with Crippen molar-refractivity contribution in [3.8, 4) is 0 Å². The molecule has 0 saturated carbocycles. The number of nitrogens with zero attached hydrogens (tertiary/aromatic N) is 2. The molecule has 1 heterocycles. The van der Waals surface area contributed by atoms with Gasteiger partial charge in [-0.1, -0.05) is 32.9 Å². The number of anilines is 1. The Bertz CT molecular complexity index is 1130. The maximum absolute atomic E-state index is 13.7. The van der Waals surface area contributed by atoms with Gasteiger partial charge in [0.2, 0.25) is 0 Å². The van der Waals surface area contributed by atoms with Gasteiger partial charge in [-0.15, -0.1) is 0 Å². The Hall–Kier alpha value is -2.97. The van der Waals surface area contributed by atoms with Crippen LogP contribution in [-0.4, -0.2) is 36.7 Å². The van der Waals surface area contributed by atoms with Crippen molar-refractivity contribution in [2.75, 3.05) is 12.3 Å². The molecule has 8 heteroatoms. The van der Waals surface area contributed by atoms with Crippen LogP contribution in [0.15, 0.2) is 42.6 Å². The molecule has 2 aromatic carbocycles. The second-order valence-corrected chi connectivity index (χ2v) is 15.4. The number of nitro groups is 1. The fourth-order valence-electron chi connectivity index (χ4n) is 3.71. The minimum Gasteiger partial charge on any atom is -0.415 e. The summed E-state index contributed by atoms with van der Waals surface area (Å²) in [5.74, 6) is -0.385. The van der Waals surface area contributed by atoms with Gasteiger partial charge in [0, 0.05) is 18.0 Å². The Morgan fingerprint density at radius 2 is 1.76 bits per heavy atom. The van der Waals surface area contributed by atoms with Crippen LogP contribution in [0.2, 0.25) is 18.1 Å². The van der Waals surface area contributed by atoms with Gasteiger partial charge in [-0.2, -0.15) is 0 Å². The van der Waals surface area contributed by atoms with Crippen molar-refractivity contribution in [3.05, 3.63) is 75.0 Å². The van der Waals surface area contributed by atoms with E-state index >= 15 is 0 Å². The summed E-state index contributed by atoms with van der Waals surface area (Å²) >= 11 is 0. The zero-order chi connectivity index (χ0) is 25.4. The first-order valence-corrected chi connectivity index (χ1v) is 14.4. The maximum Gasteiger partial charge on any atom is 0.282 e. The van der Waals surface area contributed by atoms with Crippen molar-refractivity contribution >= 4 is 31.2 Å². The van der Waals surface area contributed by atoms with E-state index in [4.69, 9.17) is 10.2 Å². The van der Waals surface area contributed by atoms with Gasteiger partial charge in [0.15, 0.2) is 8.32 Å². The summed E-state index contributed by atoms with van der Waals surface area (Å²) in [6.45, 7) is 14.9. The van der Waals surface area contributed by atoms with E-state index in [2.05, 4.69) is 33.9 Å². The Labute approximate surface area is 202 Å². The van der Waals surface area contributed by atoms with Crippen molar-refractivity contribution in [2.24, 2.45) is 0 Å². The van der Waals surface area contributed by atoms with Crippen molar-refractivity contribution < 1.29 is 14.1 Å². The average Bonchev–Trinajstić information content (AvgIpc) is 3.17. The van der Waals surface area contributed by atoms with Crippen LogP contribution in [0.25, 0.3) is 5.57 Å². The van der Waals surface area contributed by atoms with Crippen LogP contribution in [0.3, 0.4) is 0 Å².